The number of hydrogen-bond acceptors (Lipinski definition) is 2. The molecule has 4 nitrogen and oxygen atoms in total. The Labute approximate surface area is 121 Å². The van der Waals surface area contributed by atoms with Crippen LogP contribution in [0.3, 0.4) is 0 Å². The highest BCUT2D eigenvalue weighted by molar-refractivity contribution is 5.97. The van der Waals surface area contributed by atoms with E-state index in [1.807, 2.05) is 6.92 Å². The summed E-state index contributed by atoms with van der Waals surface area (Å²) in [5.41, 5.74) is 0.0827. The third-order valence-electron chi connectivity index (χ3n) is 4.15. The topological polar surface area (TPSA) is 53.2 Å². The quantitative estimate of drug-likeness (QED) is 0.923. The van der Waals surface area contributed by atoms with E-state index in [0.717, 1.165) is 19.3 Å². The van der Waals surface area contributed by atoms with Crippen molar-refractivity contribution < 1.29 is 9.18 Å². The van der Waals surface area contributed by atoms with Gasteiger partial charge in [-0.25, -0.2) is 4.39 Å². The van der Waals surface area contributed by atoms with Crippen LogP contribution in [0.2, 0.25) is 0 Å². The zero-order valence-corrected chi connectivity index (χ0v) is 11.9. The van der Waals surface area contributed by atoms with Crippen LogP contribution in [0.15, 0.2) is 29.1 Å². The smallest absolute Gasteiger partial charge is 0.261 e. The van der Waals surface area contributed by atoms with Crippen molar-refractivity contribution in [2.75, 3.05) is 6.54 Å². The number of hydrogen-bond donors (Lipinski definition) is 1. The zero-order valence-electron chi connectivity index (χ0n) is 11.9. The molecule has 21 heavy (non-hydrogen) atoms. The Bertz CT molecular complexity index is 754. The number of fused-ring (bicyclic) bond motifs is 1. The third-order valence-corrected chi connectivity index (χ3v) is 4.15. The number of rotatable bonds is 2. The van der Waals surface area contributed by atoms with Gasteiger partial charge in [-0.15, -0.1) is 0 Å². The average molecular weight is 288 g/mol. The first-order valence-electron chi connectivity index (χ1n) is 7.23. The van der Waals surface area contributed by atoms with E-state index in [1.165, 1.54) is 12.1 Å². The van der Waals surface area contributed by atoms with Gasteiger partial charge in [-0.05, 0) is 48.9 Å². The maximum absolute atomic E-state index is 13.2. The Hall–Kier alpha value is -2.17. The molecule has 110 valence electrons. The molecule has 3 rings (SSSR count). The Morgan fingerprint density at radius 3 is 3.00 bits per heavy atom. The second-order valence-corrected chi connectivity index (χ2v) is 5.45. The van der Waals surface area contributed by atoms with Crippen molar-refractivity contribution in [1.29, 1.82) is 0 Å². The lowest BCUT2D eigenvalue weighted by molar-refractivity contribution is 0.0732. The number of halogens is 1. The summed E-state index contributed by atoms with van der Waals surface area (Å²) in [7, 11) is 0. The van der Waals surface area contributed by atoms with Crippen molar-refractivity contribution in [3.05, 3.63) is 46.0 Å². The van der Waals surface area contributed by atoms with Crippen molar-refractivity contribution in [3.63, 3.8) is 0 Å². The summed E-state index contributed by atoms with van der Waals surface area (Å²) in [6.45, 7) is 2.74. The van der Waals surface area contributed by atoms with Crippen LogP contribution in [-0.4, -0.2) is 28.4 Å². The summed E-state index contributed by atoms with van der Waals surface area (Å²) in [6.07, 6.45) is 2.85. The van der Waals surface area contributed by atoms with Crippen molar-refractivity contribution in [3.8, 4) is 0 Å². The molecule has 2 heterocycles. The monoisotopic (exact) mass is 288 g/mol. The summed E-state index contributed by atoms with van der Waals surface area (Å²) in [5.74, 6) is -0.644. The predicted molar refractivity (Wildman–Crippen MR) is 78.9 cm³/mol. The molecule has 0 saturated carbocycles. The van der Waals surface area contributed by atoms with Crippen LogP contribution >= 0.6 is 0 Å². The molecule has 1 atom stereocenters. The molecule has 1 aromatic heterocycles. The van der Waals surface area contributed by atoms with Crippen LogP contribution in [0.4, 0.5) is 4.39 Å². The van der Waals surface area contributed by atoms with Gasteiger partial charge in [0.05, 0.1) is 5.52 Å². The van der Waals surface area contributed by atoms with Crippen LogP contribution in [0.25, 0.3) is 10.9 Å². The second-order valence-electron chi connectivity index (χ2n) is 5.45. The van der Waals surface area contributed by atoms with Crippen molar-refractivity contribution >= 4 is 16.8 Å². The maximum atomic E-state index is 13.2. The van der Waals surface area contributed by atoms with E-state index in [4.69, 9.17) is 0 Å². The minimum atomic E-state index is -0.458. The SMILES string of the molecule is CCC1CCCN1C(=O)c1cc2ccc(F)cc2[nH]c1=O. The summed E-state index contributed by atoms with van der Waals surface area (Å²) in [5, 5.41) is 0.659. The highest BCUT2D eigenvalue weighted by Crippen LogP contribution is 2.22. The van der Waals surface area contributed by atoms with Gasteiger partial charge in [-0.2, -0.15) is 0 Å². The van der Waals surface area contributed by atoms with E-state index in [0.29, 0.717) is 17.4 Å². The largest absolute Gasteiger partial charge is 0.336 e. The Morgan fingerprint density at radius 2 is 2.24 bits per heavy atom. The summed E-state index contributed by atoms with van der Waals surface area (Å²) in [6, 6.07) is 5.91. The molecule has 0 radical (unpaired) electrons. The fourth-order valence-electron chi connectivity index (χ4n) is 3.01. The molecule has 2 aromatic rings. The van der Waals surface area contributed by atoms with E-state index in [1.54, 1.807) is 17.0 Å². The molecular formula is C16H17FN2O2. The van der Waals surface area contributed by atoms with Crippen LogP contribution in [-0.2, 0) is 0 Å². The number of likely N-dealkylation sites (tertiary alicyclic amines) is 1. The van der Waals surface area contributed by atoms with Crippen LogP contribution in [0.5, 0.6) is 0 Å². The molecule has 0 aliphatic carbocycles. The van der Waals surface area contributed by atoms with Gasteiger partial charge >= 0.3 is 0 Å². The maximum Gasteiger partial charge on any atom is 0.261 e. The van der Waals surface area contributed by atoms with E-state index in [2.05, 4.69) is 4.98 Å². The number of aromatic amines is 1. The van der Waals surface area contributed by atoms with E-state index < -0.39 is 11.4 Å². The first-order valence-corrected chi connectivity index (χ1v) is 7.23. The van der Waals surface area contributed by atoms with E-state index in [9.17, 15) is 14.0 Å². The molecule has 1 amide bonds. The Kier molecular flexibility index (Phi) is 3.49. The van der Waals surface area contributed by atoms with Gasteiger partial charge in [0.1, 0.15) is 11.4 Å². The van der Waals surface area contributed by atoms with E-state index in [-0.39, 0.29) is 17.5 Å². The lowest BCUT2D eigenvalue weighted by atomic mass is 10.1. The first-order chi connectivity index (χ1) is 10.1. The molecule has 1 aromatic carbocycles. The number of H-pyrrole nitrogens is 1. The van der Waals surface area contributed by atoms with Gasteiger partial charge in [-0.3, -0.25) is 9.59 Å². The standard InChI is InChI=1S/C16H17FN2O2/c1-2-12-4-3-7-19(12)16(21)13-8-10-5-6-11(17)9-14(10)18-15(13)20/h5-6,8-9,12H,2-4,7H2,1H3,(H,18,20). The molecular weight excluding hydrogens is 271 g/mol. The number of aromatic nitrogens is 1. The van der Waals surface area contributed by atoms with Gasteiger partial charge in [0.15, 0.2) is 0 Å². The lowest BCUT2D eigenvalue weighted by Crippen LogP contribution is -2.38. The van der Waals surface area contributed by atoms with Crippen molar-refractivity contribution in [2.24, 2.45) is 0 Å². The Balaban J connectivity index is 2.04. The van der Waals surface area contributed by atoms with Crippen LogP contribution in [0, 0.1) is 5.82 Å². The fourth-order valence-corrected chi connectivity index (χ4v) is 3.01. The number of carbonyl (C=O) groups is 1. The molecule has 1 aliphatic rings. The van der Waals surface area contributed by atoms with Crippen molar-refractivity contribution in [1.82, 2.24) is 9.88 Å². The second kappa shape index (κ2) is 5.31. The third kappa shape index (κ3) is 2.44. The number of amides is 1. The van der Waals surface area contributed by atoms with Gasteiger partial charge in [0, 0.05) is 12.6 Å². The fraction of sp³-hybridized carbons (Fsp3) is 0.375. The number of nitrogens with zero attached hydrogens (tertiary/aromatic N) is 1. The normalized spacial score (nSPS) is 18.4. The number of carbonyl (C=O) groups excluding carboxylic acids is 1. The summed E-state index contributed by atoms with van der Waals surface area (Å²) >= 11 is 0. The molecule has 1 unspecified atom stereocenters. The van der Waals surface area contributed by atoms with Gasteiger partial charge < -0.3 is 9.88 Å². The lowest BCUT2D eigenvalue weighted by Gasteiger charge is -2.23. The van der Waals surface area contributed by atoms with Crippen LogP contribution < -0.4 is 5.56 Å². The molecule has 1 N–H and O–H groups in total. The number of pyridine rings is 1. The van der Waals surface area contributed by atoms with Gasteiger partial charge in [0.25, 0.3) is 11.5 Å². The zero-order chi connectivity index (χ0) is 15.0. The number of nitrogens with one attached hydrogen (secondary N) is 1. The molecule has 1 aliphatic heterocycles. The molecule has 0 bridgehead atoms. The predicted octanol–water partition coefficient (Wildman–Crippen LogP) is 2.68. The summed E-state index contributed by atoms with van der Waals surface area (Å²) < 4.78 is 13.2. The molecule has 1 saturated heterocycles. The van der Waals surface area contributed by atoms with Gasteiger partial charge in [0.2, 0.25) is 0 Å². The number of benzene rings is 1. The molecule has 0 spiro atoms. The highest BCUT2D eigenvalue weighted by atomic mass is 19.1. The molecule has 1 fully saturated rings. The average Bonchev–Trinajstić information content (AvgIpc) is 2.94. The first kappa shape index (κ1) is 13.8. The van der Waals surface area contributed by atoms with Gasteiger partial charge in [-0.1, -0.05) is 6.92 Å². The molecule has 5 heteroatoms. The van der Waals surface area contributed by atoms with Crippen molar-refractivity contribution in [2.45, 2.75) is 32.2 Å². The van der Waals surface area contributed by atoms with E-state index >= 15 is 0 Å². The van der Waals surface area contributed by atoms with Crippen LogP contribution in [0.1, 0.15) is 36.5 Å². The Morgan fingerprint density at radius 1 is 1.43 bits per heavy atom. The minimum Gasteiger partial charge on any atom is -0.336 e. The minimum absolute atomic E-state index is 0.134. The highest BCUT2D eigenvalue weighted by Gasteiger charge is 2.29. The summed E-state index contributed by atoms with van der Waals surface area (Å²) in [4.78, 5) is 29.1.